The van der Waals surface area contributed by atoms with Crippen LogP contribution in [-0.4, -0.2) is 10.7 Å². The first-order valence-corrected chi connectivity index (χ1v) is 10.0. The second kappa shape index (κ2) is 7.63. The van der Waals surface area contributed by atoms with E-state index in [2.05, 4.69) is 16.4 Å². The van der Waals surface area contributed by atoms with Gasteiger partial charge in [-0.05, 0) is 29.8 Å². The summed E-state index contributed by atoms with van der Waals surface area (Å²) >= 11 is 5.52. The molecule has 2 N–H and O–H groups in total. The van der Waals surface area contributed by atoms with E-state index >= 15 is 0 Å². The van der Waals surface area contributed by atoms with Crippen LogP contribution in [0, 0.1) is 21.8 Å². The zero-order chi connectivity index (χ0) is 21.4. The van der Waals surface area contributed by atoms with Crippen molar-refractivity contribution in [2.75, 3.05) is 5.32 Å². The largest absolute Gasteiger partial charge is 0.339 e. The molecule has 0 atom stereocenters. The van der Waals surface area contributed by atoms with Gasteiger partial charge in [0, 0.05) is 11.1 Å². The highest BCUT2D eigenvalue weighted by Gasteiger charge is 2.25. The van der Waals surface area contributed by atoms with Crippen LogP contribution in [-0.2, 0) is 0 Å². The van der Waals surface area contributed by atoms with Crippen LogP contribution < -0.4 is 5.32 Å². The van der Waals surface area contributed by atoms with E-state index in [0.717, 1.165) is 16.9 Å². The molecular formula is C25H15FN4S. The Balaban J connectivity index is 1.93. The lowest BCUT2D eigenvalue weighted by atomic mass is 9.91. The SMILES string of the molecule is N#Cc1c(-c2ccc(F)cc2)c2c([nH]c1=S)Nc1ccccc1N=C2c1ccccc1. The Morgan fingerprint density at radius 2 is 1.55 bits per heavy atom. The zero-order valence-corrected chi connectivity index (χ0v) is 17.0. The summed E-state index contributed by atoms with van der Waals surface area (Å²) in [5, 5.41) is 13.3. The number of rotatable bonds is 2. The number of para-hydroxylation sites is 2. The van der Waals surface area contributed by atoms with E-state index in [4.69, 9.17) is 17.2 Å². The monoisotopic (exact) mass is 422 g/mol. The number of hydrogen-bond acceptors (Lipinski definition) is 4. The number of aliphatic imine (C=N–C) groups is 1. The van der Waals surface area contributed by atoms with Crippen molar-refractivity contribution in [2.45, 2.75) is 0 Å². The average molecular weight is 422 g/mol. The fourth-order valence-corrected chi connectivity index (χ4v) is 3.99. The minimum atomic E-state index is -0.350. The molecule has 0 aliphatic carbocycles. The maximum absolute atomic E-state index is 13.7. The number of benzene rings is 3. The van der Waals surface area contributed by atoms with E-state index in [1.54, 1.807) is 12.1 Å². The highest BCUT2D eigenvalue weighted by atomic mass is 32.1. The van der Waals surface area contributed by atoms with Crippen LogP contribution in [0.1, 0.15) is 16.7 Å². The molecule has 0 saturated heterocycles. The van der Waals surface area contributed by atoms with E-state index in [0.29, 0.717) is 38.4 Å². The molecule has 0 unspecified atom stereocenters. The van der Waals surface area contributed by atoms with Crippen molar-refractivity contribution in [1.29, 1.82) is 5.26 Å². The third-order valence-electron chi connectivity index (χ3n) is 5.14. The zero-order valence-electron chi connectivity index (χ0n) is 16.2. The van der Waals surface area contributed by atoms with Crippen molar-refractivity contribution < 1.29 is 4.39 Å². The summed E-state index contributed by atoms with van der Waals surface area (Å²) in [6.45, 7) is 0. The van der Waals surface area contributed by atoms with Gasteiger partial charge in [-0.15, -0.1) is 0 Å². The van der Waals surface area contributed by atoms with Gasteiger partial charge in [-0.25, -0.2) is 9.38 Å². The number of aromatic amines is 1. The Labute approximate surface area is 183 Å². The van der Waals surface area contributed by atoms with Crippen molar-refractivity contribution >= 4 is 35.1 Å². The molecule has 0 radical (unpaired) electrons. The predicted octanol–water partition coefficient (Wildman–Crippen LogP) is 6.65. The molecule has 4 nitrogen and oxygen atoms in total. The molecule has 31 heavy (non-hydrogen) atoms. The Morgan fingerprint density at radius 3 is 2.29 bits per heavy atom. The fourth-order valence-electron chi connectivity index (χ4n) is 3.74. The number of nitriles is 1. The highest BCUT2D eigenvalue weighted by Crippen LogP contribution is 2.40. The van der Waals surface area contributed by atoms with Crippen molar-refractivity contribution in [3.8, 4) is 17.2 Å². The van der Waals surface area contributed by atoms with Gasteiger partial charge in [-0.1, -0.05) is 66.8 Å². The second-order valence-corrected chi connectivity index (χ2v) is 7.45. The number of hydrogen-bond donors (Lipinski definition) is 2. The lowest BCUT2D eigenvalue weighted by Gasteiger charge is -2.18. The standard InChI is InChI=1S/C25H15FN4S/c26-17-12-10-15(11-13-17)21-18(14-27)25(31)30-24-22(21)23(16-6-2-1-3-7-16)28-19-8-4-5-9-20(19)29-24/h1-13H,(H2,29,30,31). The first kappa shape index (κ1) is 18.9. The summed E-state index contributed by atoms with van der Waals surface area (Å²) in [6, 6.07) is 25.8. The number of pyridine rings is 1. The molecule has 3 aromatic carbocycles. The molecule has 2 heterocycles. The molecule has 0 amide bonds. The summed E-state index contributed by atoms with van der Waals surface area (Å²) < 4.78 is 14.0. The van der Waals surface area contributed by atoms with Gasteiger partial charge in [-0.2, -0.15) is 5.26 Å². The first-order chi connectivity index (χ1) is 15.2. The van der Waals surface area contributed by atoms with Crippen molar-refractivity contribution in [3.05, 3.63) is 106 Å². The molecule has 6 heteroatoms. The van der Waals surface area contributed by atoms with Gasteiger partial charge >= 0.3 is 0 Å². The van der Waals surface area contributed by atoms with Crippen molar-refractivity contribution in [1.82, 2.24) is 4.98 Å². The summed E-state index contributed by atoms with van der Waals surface area (Å²) in [4.78, 5) is 8.15. The maximum atomic E-state index is 13.7. The number of nitrogens with zero attached hydrogens (tertiary/aromatic N) is 2. The minimum Gasteiger partial charge on any atom is -0.339 e. The molecule has 4 aromatic rings. The van der Waals surface area contributed by atoms with E-state index in [9.17, 15) is 9.65 Å². The number of halogens is 1. The van der Waals surface area contributed by atoms with Gasteiger partial charge in [0.25, 0.3) is 0 Å². The third-order valence-corrected chi connectivity index (χ3v) is 5.45. The van der Waals surface area contributed by atoms with Crippen LogP contribution in [0.4, 0.5) is 21.6 Å². The molecule has 0 fully saturated rings. The molecule has 5 rings (SSSR count). The molecule has 1 aliphatic rings. The normalized spacial score (nSPS) is 11.9. The Kier molecular flexibility index (Phi) is 4.66. The lowest BCUT2D eigenvalue weighted by Crippen LogP contribution is -2.11. The number of anilines is 2. The minimum absolute atomic E-state index is 0.305. The lowest BCUT2D eigenvalue weighted by molar-refractivity contribution is 0.628. The summed E-state index contributed by atoms with van der Waals surface area (Å²) in [5.41, 5.74) is 5.48. The maximum Gasteiger partial charge on any atom is 0.123 e. The molecule has 1 aliphatic heterocycles. The van der Waals surface area contributed by atoms with Gasteiger partial charge in [0.2, 0.25) is 0 Å². The number of aromatic nitrogens is 1. The van der Waals surface area contributed by atoms with Gasteiger partial charge in [0.05, 0.1) is 28.2 Å². The summed E-state index contributed by atoms with van der Waals surface area (Å²) in [5.74, 6) is 0.285. The van der Waals surface area contributed by atoms with Crippen LogP contribution in [0.25, 0.3) is 11.1 Å². The predicted molar refractivity (Wildman–Crippen MR) is 123 cm³/mol. The molecule has 1 aromatic heterocycles. The van der Waals surface area contributed by atoms with E-state index in [1.165, 1.54) is 12.1 Å². The number of nitrogens with one attached hydrogen (secondary N) is 2. The Morgan fingerprint density at radius 1 is 0.839 bits per heavy atom. The summed E-state index contributed by atoms with van der Waals surface area (Å²) in [7, 11) is 0. The quantitative estimate of drug-likeness (QED) is 0.313. The van der Waals surface area contributed by atoms with Crippen LogP contribution in [0.2, 0.25) is 0 Å². The Hall–Kier alpha value is -4.08. The molecule has 148 valence electrons. The van der Waals surface area contributed by atoms with Gasteiger partial charge < -0.3 is 10.3 Å². The van der Waals surface area contributed by atoms with Gasteiger partial charge in [0.1, 0.15) is 22.3 Å². The van der Waals surface area contributed by atoms with Crippen LogP contribution >= 0.6 is 12.2 Å². The highest BCUT2D eigenvalue weighted by molar-refractivity contribution is 7.71. The van der Waals surface area contributed by atoms with Crippen molar-refractivity contribution in [3.63, 3.8) is 0 Å². The Bertz CT molecular complexity index is 1430. The first-order valence-electron chi connectivity index (χ1n) is 9.62. The van der Waals surface area contributed by atoms with Crippen molar-refractivity contribution in [2.24, 2.45) is 4.99 Å². The van der Waals surface area contributed by atoms with E-state index in [1.807, 2.05) is 54.6 Å². The van der Waals surface area contributed by atoms with Crippen LogP contribution in [0.15, 0.2) is 83.9 Å². The third kappa shape index (κ3) is 3.31. The van der Waals surface area contributed by atoms with E-state index in [-0.39, 0.29) is 5.82 Å². The second-order valence-electron chi connectivity index (χ2n) is 7.04. The van der Waals surface area contributed by atoms with Crippen LogP contribution in [0.3, 0.4) is 0 Å². The molecule has 0 saturated carbocycles. The van der Waals surface area contributed by atoms with Gasteiger partial charge in [-0.3, -0.25) is 0 Å². The smallest absolute Gasteiger partial charge is 0.123 e. The number of H-pyrrole nitrogens is 1. The summed E-state index contributed by atoms with van der Waals surface area (Å²) in [6.07, 6.45) is 0. The molecular weight excluding hydrogens is 407 g/mol. The topological polar surface area (TPSA) is 64.0 Å². The van der Waals surface area contributed by atoms with E-state index < -0.39 is 0 Å². The molecule has 0 spiro atoms. The van der Waals surface area contributed by atoms with Crippen LogP contribution in [0.5, 0.6) is 0 Å². The fraction of sp³-hybridized carbons (Fsp3) is 0. The number of fused-ring (bicyclic) bond motifs is 2. The van der Waals surface area contributed by atoms with Gasteiger partial charge in [0.15, 0.2) is 0 Å². The molecule has 0 bridgehead atoms. The average Bonchev–Trinajstić information content (AvgIpc) is 2.96.